The van der Waals surface area contributed by atoms with Crippen LogP contribution in [0.5, 0.6) is 5.75 Å². The van der Waals surface area contributed by atoms with E-state index in [4.69, 9.17) is 11.5 Å². The first-order chi connectivity index (χ1) is 7.61. The van der Waals surface area contributed by atoms with Gasteiger partial charge in [-0.3, -0.25) is 0 Å². The Morgan fingerprint density at radius 2 is 1.94 bits per heavy atom. The quantitative estimate of drug-likeness (QED) is 0.529. The molecular formula is C13H20N2O. The summed E-state index contributed by atoms with van der Waals surface area (Å²) in [6, 6.07) is 3.58. The van der Waals surface area contributed by atoms with Gasteiger partial charge in [0.25, 0.3) is 0 Å². The molecule has 0 saturated heterocycles. The molecule has 16 heavy (non-hydrogen) atoms. The number of aromatic hydroxyl groups is 1. The fraction of sp³-hybridized carbons (Fsp3) is 0.538. The zero-order chi connectivity index (χ0) is 11.7. The number of anilines is 1. The molecule has 1 aliphatic rings. The van der Waals surface area contributed by atoms with E-state index in [0.717, 1.165) is 24.0 Å². The van der Waals surface area contributed by atoms with Crippen LogP contribution in [0.25, 0.3) is 0 Å². The molecule has 0 heterocycles. The van der Waals surface area contributed by atoms with Gasteiger partial charge in [0, 0.05) is 11.6 Å². The van der Waals surface area contributed by atoms with Crippen LogP contribution in [0.1, 0.15) is 42.9 Å². The average molecular weight is 220 g/mol. The van der Waals surface area contributed by atoms with Crippen molar-refractivity contribution < 1.29 is 5.11 Å². The summed E-state index contributed by atoms with van der Waals surface area (Å²) < 4.78 is 0. The van der Waals surface area contributed by atoms with Crippen molar-refractivity contribution in [2.24, 2.45) is 11.7 Å². The molecule has 0 amide bonds. The molecule has 5 N–H and O–H groups in total. The molecule has 1 fully saturated rings. The fourth-order valence-corrected chi connectivity index (χ4v) is 2.70. The first-order valence-corrected chi connectivity index (χ1v) is 5.94. The Bertz CT molecular complexity index is 384. The van der Waals surface area contributed by atoms with Gasteiger partial charge in [-0.15, -0.1) is 0 Å². The highest BCUT2D eigenvalue weighted by molar-refractivity contribution is 5.59. The summed E-state index contributed by atoms with van der Waals surface area (Å²) in [6.45, 7) is 1.98. The van der Waals surface area contributed by atoms with Crippen molar-refractivity contribution in [1.82, 2.24) is 0 Å². The van der Waals surface area contributed by atoms with E-state index in [0.29, 0.717) is 11.6 Å². The molecule has 0 unspecified atom stereocenters. The molecular weight excluding hydrogens is 200 g/mol. The molecule has 3 heteroatoms. The van der Waals surface area contributed by atoms with E-state index in [9.17, 15) is 5.11 Å². The number of aryl methyl sites for hydroxylation is 1. The second-order valence-corrected chi connectivity index (χ2v) is 4.80. The van der Waals surface area contributed by atoms with E-state index in [-0.39, 0.29) is 11.8 Å². The number of benzene rings is 1. The van der Waals surface area contributed by atoms with Crippen molar-refractivity contribution >= 4 is 5.69 Å². The molecule has 0 radical (unpaired) electrons. The van der Waals surface area contributed by atoms with Crippen LogP contribution in [0.15, 0.2) is 12.1 Å². The summed E-state index contributed by atoms with van der Waals surface area (Å²) in [5, 5.41) is 10.0. The van der Waals surface area contributed by atoms with Crippen LogP contribution < -0.4 is 11.5 Å². The fourth-order valence-electron chi connectivity index (χ4n) is 2.70. The van der Waals surface area contributed by atoms with Gasteiger partial charge in [-0.1, -0.05) is 18.9 Å². The third-order valence-electron chi connectivity index (χ3n) is 3.71. The van der Waals surface area contributed by atoms with E-state index in [1.165, 1.54) is 12.8 Å². The molecule has 0 bridgehead atoms. The number of phenolic OH excluding ortho intramolecular Hbond substituents is 1. The Morgan fingerprint density at radius 1 is 1.31 bits per heavy atom. The van der Waals surface area contributed by atoms with Crippen LogP contribution in [-0.2, 0) is 0 Å². The third kappa shape index (κ3) is 1.87. The van der Waals surface area contributed by atoms with Gasteiger partial charge in [-0.05, 0) is 37.3 Å². The number of hydrogen-bond acceptors (Lipinski definition) is 3. The Balaban J connectivity index is 2.34. The van der Waals surface area contributed by atoms with E-state index < -0.39 is 0 Å². The molecule has 88 valence electrons. The summed E-state index contributed by atoms with van der Waals surface area (Å²) in [4.78, 5) is 0. The van der Waals surface area contributed by atoms with Crippen LogP contribution in [0, 0.1) is 12.8 Å². The summed E-state index contributed by atoms with van der Waals surface area (Å²) in [7, 11) is 0. The van der Waals surface area contributed by atoms with Crippen molar-refractivity contribution in [3.8, 4) is 5.75 Å². The highest BCUT2D eigenvalue weighted by Gasteiger charge is 2.26. The lowest BCUT2D eigenvalue weighted by Crippen LogP contribution is -2.20. The first-order valence-electron chi connectivity index (χ1n) is 5.94. The number of nitrogen functional groups attached to an aromatic ring is 1. The number of rotatable bonds is 2. The molecule has 0 aromatic heterocycles. The normalized spacial score (nSPS) is 18.9. The van der Waals surface area contributed by atoms with E-state index in [2.05, 4.69) is 0 Å². The van der Waals surface area contributed by atoms with Crippen LogP contribution in [0.2, 0.25) is 0 Å². The van der Waals surface area contributed by atoms with Crippen molar-refractivity contribution in [2.45, 2.75) is 38.6 Å². The van der Waals surface area contributed by atoms with Gasteiger partial charge in [0.1, 0.15) is 5.75 Å². The lowest BCUT2D eigenvalue weighted by Gasteiger charge is -2.22. The Morgan fingerprint density at radius 3 is 2.56 bits per heavy atom. The molecule has 1 aromatic carbocycles. The topological polar surface area (TPSA) is 72.3 Å². The van der Waals surface area contributed by atoms with Crippen LogP contribution >= 0.6 is 0 Å². The third-order valence-corrected chi connectivity index (χ3v) is 3.71. The largest absolute Gasteiger partial charge is 0.505 e. The van der Waals surface area contributed by atoms with Crippen LogP contribution in [-0.4, -0.2) is 5.11 Å². The van der Waals surface area contributed by atoms with Gasteiger partial charge >= 0.3 is 0 Å². The molecule has 0 aliphatic heterocycles. The van der Waals surface area contributed by atoms with Gasteiger partial charge in [0.2, 0.25) is 0 Å². The molecule has 1 atom stereocenters. The molecule has 3 nitrogen and oxygen atoms in total. The van der Waals surface area contributed by atoms with Gasteiger partial charge in [-0.25, -0.2) is 0 Å². The highest BCUT2D eigenvalue weighted by Crippen LogP contribution is 2.40. The maximum atomic E-state index is 10.0. The molecule has 1 aliphatic carbocycles. The van der Waals surface area contributed by atoms with Gasteiger partial charge < -0.3 is 16.6 Å². The monoisotopic (exact) mass is 220 g/mol. The Labute approximate surface area is 96.5 Å². The van der Waals surface area contributed by atoms with Gasteiger partial charge in [0.15, 0.2) is 0 Å². The van der Waals surface area contributed by atoms with E-state index in [1.54, 1.807) is 6.07 Å². The Hall–Kier alpha value is -1.22. The highest BCUT2D eigenvalue weighted by atomic mass is 16.3. The standard InChI is InChI=1S/C13H20N2O/c1-8-6-7-10(14)13(16)11(8)12(15)9-4-2-3-5-9/h6-7,9,12,16H,2-5,14-15H2,1H3/t12-/m0/s1. The van der Waals surface area contributed by atoms with Crippen molar-refractivity contribution in [2.75, 3.05) is 5.73 Å². The van der Waals surface area contributed by atoms with Gasteiger partial charge in [0.05, 0.1) is 5.69 Å². The number of nitrogens with two attached hydrogens (primary N) is 2. The molecule has 2 rings (SSSR count). The second kappa shape index (κ2) is 4.34. The lowest BCUT2D eigenvalue weighted by molar-refractivity contribution is 0.412. The molecule has 1 aromatic rings. The van der Waals surface area contributed by atoms with Crippen molar-refractivity contribution in [1.29, 1.82) is 0 Å². The SMILES string of the molecule is Cc1ccc(N)c(O)c1[C@@H](N)C1CCCC1. The van der Waals surface area contributed by atoms with Crippen molar-refractivity contribution in [3.05, 3.63) is 23.3 Å². The number of hydrogen-bond donors (Lipinski definition) is 3. The summed E-state index contributed by atoms with van der Waals surface area (Å²) in [5.41, 5.74) is 14.3. The van der Waals surface area contributed by atoms with E-state index in [1.807, 2.05) is 13.0 Å². The average Bonchev–Trinajstić information content (AvgIpc) is 2.77. The zero-order valence-corrected chi connectivity index (χ0v) is 9.74. The predicted octanol–water partition coefficient (Wildman–Crippen LogP) is 2.47. The van der Waals surface area contributed by atoms with Crippen LogP contribution in [0.4, 0.5) is 5.69 Å². The minimum absolute atomic E-state index is 0.0778. The smallest absolute Gasteiger partial charge is 0.143 e. The summed E-state index contributed by atoms with van der Waals surface area (Å²) >= 11 is 0. The maximum Gasteiger partial charge on any atom is 0.143 e. The second-order valence-electron chi connectivity index (χ2n) is 4.80. The van der Waals surface area contributed by atoms with E-state index >= 15 is 0 Å². The molecule has 0 spiro atoms. The Kier molecular flexibility index (Phi) is 3.06. The number of phenols is 1. The minimum Gasteiger partial charge on any atom is -0.505 e. The van der Waals surface area contributed by atoms with Crippen molar-refractivity contribution in [3.63, 3.8) is 0 Å². The van der Waals surface area contributed by atoms with Gasteiger partial charge in [-0.2, -0.15) is 0 Å². The van der Waals surface area contributed by atoms with Crippen LogP contribution in [0.3, 0.4) is 0 Å². The lowest BCUT2D eigenvalue weighted by atomic mass is 9.89. The first kappa shape index (κ1) is 11.3. The zero-order valence-electron chi connectivity index (χ0n) is 9.74. The summed E-state index contributed by atoms with van der Waals surface area (Å²) in [5.74, 6) is 0.672. The maximum absolute atomic E-state index is 10.0. The minimum atomic E-state index is -0.0778. The predicted molar refractivity (Wildman–Crippen MR) is 66.1 cm³/mol. The summed E-state index contributed by atoms with van der Waals surface area (Å²) in [6.07, 6.45) is 4.82. The molecule has 1 saturated carbocycles.